The van der Waals surface area contributed by atoms with Crippen molar-refractivity contribution in [2.75, 3.05) is 0 Å². The van der Waals surface area contributed by atoms with Gasteiger partial charge in [0.05, 0.1) is 6.61 Å². The highest BCUT2D eigenvalue weighted by atomic mass is 16.3. The third kappa shape index (κ3) is 4.31. The van der Waals surface area contributed by atoms with Crippen molar-refractivity contribution in [1.29, 1.82) is 0 Å². The predicted octanol–water partition coefficient (Wildman–Crippen LogP) is 4.25. The molecule has 3 aromatic carbocycles. The fourth-order valence-electron chi connectivity index (χ4n) is 2.96. The van der Waals surface area contributed by atoms with Gasteiger partial charge in [-0.15, -0.1) is 0 Å². The summed E-state index contributed by atoms with van der Waals surface area (Å²) < 4.78 is 0. The van der Waals surface area contributed by atoms with Crippen LogP contribution < -0.4 is 5.32 Å². The molecule has 1 atom stereocenters. The smallest absolute Gasteiger partial charge is 0.0685 e. The first-order valence-corrected chi connectivity index (χ1v) is 8.36. The molecule has 0 amide bonds. The molecule has 2 heteroatoms. The topological polar surface area (TPSA) is 32.3 Å². The standard InChI is InChI=1S/C22H23NO/c24-17-21-14-8-7-13-20(21)16-23-22(19-11-5-2-6-12-19)15-18-9-3-1-4-10-18/h1-14,22-24H,15-17H2. The van der Waals surface area contributed by atoms with Crippen LogP contribution in [0, 0.1) is 0 Å². The SMILES string of the molecule is OCc1ccccc1CNC(Cc1ccccc1)c1ccccc1. The molecule has 24 heavy (non-hydrogen) atoms. The van der Waals surface area contributed by atoms with E-state index in [1.807, 2.05) is 30.3 Å². The maximum atomic E-state index is 9.51. The third-order valence-electron chi connectivity index (χ3n) is 4.31. The lowest BCUT2D eigenvalue weighted by molar-refractivity contribution is 0.280. The molecule has 0 saturated carbocycles. The lowest BCUT2D eigenvalue weighted by Gasteiger charge is -2.20. The summed E-state index contributed by atoms with van der Waals surface area (Å²) in [7, 11) is 0. The Balaban J connectivity index is 1.77. The van der Waals surface area contributed by atoms with Crippen molar-refractivity contribution < 1.29 is 5.11 Å². The van der Waals surface area contributed by atoms with Crippen LogP contribution in [0.25, 0.3) is 0 Å². The molecular weight excluding hydrogens is 294 g/mol. The maximum absolute atomic E-state index is 9.51. The van der Waals surface area contributed by atoms with Crippen LogP contribution in [0.1, 0.15) is 28.3 Å². The number of nitrogens with one attached hydrogen (secondary N) is 1. The molecule has 0 aliphatic heterocycles. The second-order valence-corrected chi connectivity index (χ2v) is 5.96. The van der Waals surface area contributed by atoms with Crippen molar-refractivity contribution in [3.8, 4) is 0 Å². The van der Waals surface area contributed by atoms with Crippen molar-refractivity contribution in [1.82, 2.24) is 5.32 Å². The van der Waals surface area contributed by atoms with E-state index in [2.05, 4.69) is 59.9 Å². The van der Waals surface area contributed by atoms with Crippen LogP contribution in [0.2, 0.25) is 0 Å². The molecule has 0 aliphatic rings. The van der Waals surface area contributed by atoms with Crippen LogP contribution in [-0.2, 0) is 19.6 Å². The van der Waals surface area contributed by atoms with E-state index in [0.29, 0.717) is 0 Å². The van der Waals surface area contributed by atoms with Gasteiger partial charge in [-0.2, -0.15) is 0 Å². The Morgan fingerprint density at radius 1 is 0.708 bits per heavy atom. The van der Waals surface area contributed by atoms with Gasteiger partial charge in [0.2, 0.25) is 0 Å². The minimum atomic E-state index is 0.0759. The number of benzene rings is 3. The molecule has 0 heterocycles. The fraction of sp³-hybridized carbons (Fsp3) is 0.182. The minimum absolute atomic E-state index is 0.0759. The molecule has 0 aliphatic carbocycles. The highest BCUT2D eigenvalue weighted by molar-refractivity contribution is 5.28. The van der Waals surface area contributed by atoms with Crippen molar-refractivity contribution in [2.45, 2.75) is 25.6 Å². The molecule has 0 fully saturated rings. The second kappa shape index (κ2) is 8.44. The molecule has 2 nitrogen and oxygen atoms in total. The van der Waals surface area contributed by atoms with Gasteiger partial charge in [-0.3, -0.25) is 0 Å². The van der Waals surface area contributed by atoms with Crippen molar-refractivity contribution in [2.24, 2.45) is 0 Å². The van der Waals surface area contributed by atoms with Gasteiger partial charge in [-0.25, -0.2) is 0 Å². The number of hydrogen-bond acceptors (Lipinski definition) is 2. The molecule has 3 rings (SSSR count). The van der Waals surface area contributed by atoms with Crippen molar-refractivity contribution in [3.63, 3.8) is 0 Å². The van der Waals surface area contributed by atoms with E-state index in [4.69, 9.17) is 0 Å². The molecule has 0 radical (unpaired) electrons. The molecule has 0 saturated heterocycles. The van der Waals surface area contributed by atoms with E-state index in [-0.39, 0.29) is 12.6 Å². The van der Waals surface area contributed by atoms with Gasteiger partial charge >= 0.3 is 0 Å². The molecule has 0 aromatic heterocycles. The number of rotatable bonds is 7. The van der Waals surface area contributed by atoms with E-state index >= 15 is 0 Å². The summed E-state index contributed by atoms with van der Waals surface area (Å²) in [4.78, 5) is 0. The molecule has 2 N–H and O–H groups in total. The summed E-state index contributed by atoms with van der Waals surface area (Å²) in [6.45, 7) is 0.815. The average molecular weight is 317 g/mol. The van der Waals surface area contributed by atoms with Gasteiger partial charge in [0.1, 0.15) is 0 Å². The Hall–Kier alpha value is -2.42. The Kier molecular flexibility index (Phi) is 5.78. The summed E-state index contributed by atoms with van der Waals surface area (Å²) in [6.07, 6.45) is 0.937. The van der Waals surface area contributed by atoms with Gasteiger partial charge in [0, 0.05) is 12.6 Å². The first-order chi connectivity index (χ1) is 11.9. The van der Waals surface area contributed by atoms with E-state index in [1.54, 1.807) is 0 Å². The molecule has 0 bridgehead atoms. The van der Waals surface area contributed by atoms with Crippen molar-refractivity contribution in [3.05, 3.63) is 107 Å². The summed E-state index contributed by atoms with van der Waals surface area (Å²) in [5.74, 6) is 0. The molecule has 3 aromatic rings. The molecule has 1 unspecified atom stereocenters. The van der Waals surface area contributed by atoms with Crippen LogP contribution in [0.15, 0.2) is 84.9 Å². The lowest BCUT2D eigenvalue weighted by atomic mass is 9.98. The molecular formula is C22H23NO. The predicted molar refractivity (Wildman–Crippen MR) is 98.5 cm³/mol. The Labute approximate surface area is 143 Å². The van der Waals surface area contributed by atoms with Gasteiger partial charge < -0.3 is 10.4 Å². The minimum Gasteiger partial charge on any atom is -0.392 e. The summed E-state index contributed by atoms with van der Waals surface area (Å²) >= 11 is 0. The zero-order valence-electron chi connectivity index (χ0n) is 13.7. The Morgan fingerprint density at radius 3 is 1.96 bits per heavy atom. The normalized spacial score (nSPS) is 12.0. The van der Waals surface area contributed by atoms with E-state index in [1.165, 1.54) is 11.1 Å². The summed E-state index contributed by atoms with van der Waals surface area (Å²) in [5, 5.41) is 13.2. The Bertz CT molecular complexity index is 740. The van der Waals surface area contributed by atoms with Gasteiger partial charge in [0.15, 0.2) is 0 Å². The lowest BCUT2D eigenvalue weighted by Crippen LogP contribution is -2.23. The highest BCUT2D eigenvalue weighted by Gasteiger charge is 2.12. The van der Waals surface area contributed by atoms with Crippen molar-refractivity contribution >= 4 is 0 Å². The van der Waals surface area contributed by atoms with Crippen LogP contribution in [0.3, 0.4) is 0 Å². The zero-order valence-corrected chi connectivity index (χ0v) is 13.7. The number of aliphatic hydroxyl groups excluding tert-OH is 1. The summed E-state index contributed by atoms with van der Waals surface area (Å²) in [5.41, 5.74) is 4.72. The number of hydrogen-bond donors (Lipinski definition) is 2. The second-order valence-electron chi connectivity index (χ2n) is 5.96. The number of aliphatic hydroxyl groups is 1. The van der Waals surface area contributed by atoms with Gasteiger partial charge in [0.25, 0.3) is 0 Å². The van der Waals surface area contributed by atoms with Gasteiger partial charge in [-0.1, -0.05) is 84.9 Å². The monoisotopic (exact) mass is 317 g/mol. The van der Waals surface area contributed by atoms with E-state index in [0.717, 1.165) is 24.1 Å². The Morgan fingerprint density at radius 2 is 1.29 bits per heavy atom. The first-order valence-electron chi connectivity index (χ1n) is 8.36. The van der Waals surface area contributed by atoms with Crippen LogP contribution in [0.4, 0.5) is 0 Å². The molecule has 0 spiro atoms. The van der Waals surface area contributed by atoms with Gasteiger partial charge in [-0.05, 0) is 28.7 Å². The maximum Gasteiger partial charge on any atom is 0.0685 e. The van der Waals surface area contributed by atoms with E-state index < -0.39 is 0 Å². The quantitative estimate of drug-likeness (QED) is 0.683. The zero-order chi connectivity index (χ0) is 16.6. The highest BCUT2D eigenvalue weighted by Crippen LogP contribution is 2.20. The van der Waals surface area contributed by atoms with E-state index in [9.17, 15) is 5.11 Å². The summed E-state index contributed by atoms with van der Waals surface area (Å²) in [6, 6.07) is 29.4. The average Bonchev–Trinajstić information content (AvgIpc) is 2.67. The third-order valence-corrected chi connectivity index (χ3v) is 4.31. The first kappa shape index (κ1) is 16.4. The fourth-order valence-corrected chi connectivity index (χ4v) is 2.96. The van der Waals surface area contributed by atoms with Crippen LogP contribution >= 0.6 is 0 Å². The molecule has 122 valence electrons. The van der Waals surface area contributed by atoms with Crippen LogP contribution in [-0.4, -0.2) is 5.11 Å². The van der Waals surface area contributed by atoms with Crippen LogP contribution in [0.5, 0.6) is 0 Å². The largest absolute Gasteiger partial charge is 0.392 e.